The predicted molar refractivity (Wildman–Crippen MR) is 76.4 cm³/mol. The van der Waals surface area contributed by atoms with Crippen molar-refractivity contribution >= 4 is 5.91 Å². The molecular formula is C15H19N3O2. The van der Waals surface area contributed by atoms with E-state index in [1.807, 2.05) is 38.1 Å². The molecule has 0 aliphatic heterocycles. The van der Waals surface area contributed by atoms with Crippen molar-refractivity contribution in [1.29, 1.82) is 0 Å². The number of benzene rings is 1. The number of hydrogen-bond donors (Lipinski definition) is 2. The molecule has 1 aromatic carbocycles. The Balaban J connectivity index is 2.00. The van der Waals surface area contributed by atoms with Gasteiger partial charge in [-0.05, 0) is 31.0 Å². The molecule has 0 saturated heterocycles. The van der Waals surface area contributed by atoms with Crippen molar-refractivity contribution in [3.05, 3.63) is 52.8 Å². The number of aliphatic hydroxyl groups excluding tert-OH is 1. The molecule has 0 fully saturated rings. The van der Waals surface area contributed by atoms with Gasteiger partial charge in [-0.25, -0.2) is 0 Å². The van der Waals surface area contributed by atoms with Gasteiger partial charge < -0.3 is 10.4 Å². The fraction of sp³-hybridized carbons (Fsp3) is 0.333. The molecule has 1 heterocycles. The van der Waals surface area contributed by atoms with Crippen LogP contribution in [-0.2, 0) is 7.05 Å². The molecule has 1 atom stereocenters. The van der Waals surface area contributed by atoms with Crippen molar-refractivity contribution in [3.8, 4) is 0 Å². The largest absolute Gasteiger partial charge is 0.387 e. The lowest BCUT2D eigenvalue weighted by Crippen LogP contribution is -2.30. The number of aromatic nitrogens is 2. The third kappa shape index (κ3) is 3.05. The molecule has 0 bridgehead atoms. The van der Waals surface area contributed by atoms with E-state index in [2.05, 4.69) is 10.4 Å². The number of hydrogen-bond acceptors (Lipinski definition) is 3. The van der Waals surface area contributed by atoms with E-state index >= 15 is 0 Å². The minimum atomic E-state index is -0.713. The first-order chi connectivity index (χ1) is 9.49. The Hall–Kier alpha value is -2.14. The number of aliphatic hydroxyl groups is 1. The van der Waals surface area contributed by atoms with E-state index in [0.29, 0.717) is 5.69 Å². The molecule has 2 N–H and O–H groups in total. The molecular weight excluding hydrogens is 254 g/mol. The van der Waals surface area contributed by atoms with E-state index in [0.717, 1.165) is 16.8 Å². The summed E-state index contributed by atoms with van der Waals surface area (Å²) in [6.45, 7) is 3.94. The number of nitrogens with one attached hydrogen (secondary N) is 1. The number of aryl methyl sites for hydroxylation is 3. The molecule has 5 heteroatoms. The van der Waals surface area contributed by atoms with Gasteiger partial charge in [0.1, 0.15) is 5.69 Å². The molecule has 0 aliphatic rings. The summed E-state index contributed by atoms with van der Waals surface area (Å²) in [5.41, 5.74) is 3.11. The molecule has 2 aromatic rings. The summed E-state index contributed by atoms with van der Waals surface area (Å²) in [5.74, 6) is -0.235. The Kier molecular flexibility index (Phi) is 4.20. The van der Waals surface area contributed by atoms with Crippen LogP contribution in [0.15, 0.2) is 30.3 Å². The highest BCUT2D eigenvalue weighted by molar-refractivity contribution is 5.92. The molecule has 20 heavy (non-hydrogen) atoms. The standard InChI is InChI=1S/C15H19N3O2/c1-10-6-4-5-7-12(10)14(19)9-16-15(20)13-8-11(2)17-18(13)3/h4-8,14,19H,9H2,1-3H3,(H,16,20). The Morgan fingerprint density at radius 2 is 2.10 bits per heavy atom. The van der Waals surface area contributed by atoms with Crippen LogP contribution in [0.3, 0.4) is 0 Å². The van der Waals surface area contributed by atoms with Gasteiger partial charge in [-0.3, -0.25) is 9.48 Å². The number of carbonyl (C=O) groups is 1. The first kappa shape index (κ1) is 14.3. The van der Waals surface area contributed by atoms with Crippen molar-refractivity contribution < 1.29 is 9.90 Å². The summed E-state index contributed by atoms with van der Waals surface area (Å²) < 4.78 is 1.53. The van der Waals surface area contributed by atoms with Crippen LogP contribution in [-0.4, -0.2) is 27.3 Å². The van der Waals surface area contributed by atoms with Gasteiger partial charge in [-0.15, -0.1) is 0 Å². The Bertz CT molecular complexity index is 619. The van der Waals surface area contributed by atoms with Crippen LogP contribution in [0.25, 0.3) is 0 Å². The fourth-order valence-corrected chi connectivity index (χ4v) is 2.17. The lowest BCUT2D eigenvalue weighted by molar-refractivity contribution is 0.0906. The molecule has 1 amide bonds. The number of rotatable bonds is 4. The van der Waals surface area contributed by atoms with Crippen LogP contribution in [0.5, 0.6) is 0 Å². The first-order valence-corrected chi connectivity index (χ1v) is 6.51. The summed E-state index contributed by atoms with van der Waals surface area (Å²) in [5, 5.41) is 17.0. The highest BCUT2D eigenvalue weighted by Crippen LogP contribution is 2.16. The zero-order chi connectivity index (χ0) is 14.7. The first-order valence-electron chi connectivity index (χ1n) is 6.51. The minimum absolute atomic E-state index is 0.175. The van der Waals surface area contributed by atoms with Gasteiger partial charge in [0.25, 0.3) is 5.91 Å². The maximum Gasteiger partial charge on any atom is 0.269 e. The van der Waals surface area contributed by atoms with E-state index in [-0.39, 0.29) is 12.5 Å². The average Bonchev–Trinajstić information content (AvgIpc) is 2.75. The summed E-state index contributed by atoms with van der Waals surface area (Å²) in [7, 11) is 1.72. The van der Waals surface area contributed by atoms with Gasteiger partial charge in [-0.2, -0.15) is 5.10 Å². The summed E-state index contributed by atoms with van der Waals surface area (Å²) in [4.78, 5) is 12.0. The lowest BCUT2D eigenvalue weighted by atomic mass is 10.0. The highest BCUT2D eigenvalue weighted by Gasteiger charge is 2.15. The van der Waals surface area contributed by atoms with Crippen LogP contribution in [0.1, 0.15) is 33.4 Å². The van der Waals surface area contributed by atoms with Crippen molar-refractivity contribution in [1.82, 2.24) is 15.1 Å². The van der Waals surface area contributed by atoms with Crippen LogP contribution in [0.4, 0.5) is 0 Å². The van der Waals surface area contributed by atoms with Crippen LogP contribution in [0, 0.1) is 13.8 Å². The molecule has 0 aliphatic carbocycles. The average molecular weight is 273 g/mol. The third-order valence-electron chi connectivity index (χ3n) is 3.24. The van der Waals surface area contributed by atoms with Crippen molar-refractivity contribution in [2.45, 2.75) is 20.0 Å². The molecule has 2 rings (SSSR count). The SMILES string of the molecule is Cc1cc(C(=O)NCC(O)c2ccccc2C)n(C)n1. The number of nitrogens with zero attached hydrogens (tertiary/aromatic N) is 2. The second-order valence-electron chi connectivity index (χ2n) is 4.88. The van der Waals surface area contributed by atoms with E-state index in [4.69, 9.17) is 0 Å². The monoisotopic (exact) mass is 273 g/mol. The Morgan fingerprint density at radius 3 is 2.70 bits per heavy atom. The zero-order valence-corrected chi connectivity index (χ0v) is 11.9. The molecule has 0 radical (unpaired) electrons. The summed E-state index contributed by atoms with van der Waals surface area (Å²) >= 11 is 0. The minimum Gasteiger partial charge on any atom is -0.387 e. The zero-order valence-electron chi connectivity index (χ0n) is 11.9. The maximum absolute atomic E-state index is 12.0. The fourth-order valence-electron chi connectivity index (χ4n) is 2.17. The van der Waals surface area contributed by atoms with Crippen LogP contribution >= 0.6 is 0 Å². The Labute approximate surface area is 118 Å². The number of amides is 1. The topological polar surface area (TPSA) is 67.2 Å². The molecule has 1 aromatic heterocycles. The van der Waals surface area contributed by atoms with E-state index < -0.39 is 6.10 Å². The third-order valence-corrected chi connectivity index (χ3v) is 3.24. The number of carbonyl (C=O) groups excluding carboxylic acids is 1. The van der Waals surface area contributed by atoms with Gasteiger partial charge in [-0.1, -0.05) is 24.3 Å². The second kappa shape index (κ2) is 5.88. The van der Waals surface area contributed by atoms with E-state index in [1.165, 1.54) is 4.68 Å². The highest BCUT2D eigenvalue weighted by atomic mass is 16.3. The molecule has 1 unspecified atom stereocenters. The van der Waals surface area contributed by atoms with Crippen molar-refractivity contribution in [2.75, 3.05) is 6.54 Å². The van der Waals surface area contributed by atoms with Gasteiger partial charge in [0.2, 0.25) is 0 Å². The van der Waals surface area contributed by atoms with Crippen molar-refractivity contribution in [2.24, 2.45) is 7.05 Å². The van der Waals surface area contributed by atoms with Crippen molar-refractivity contribution in [3.63, 3.8) is 0 Å². The Morgan fingerprint density at radius 1 is 1.40 bits per heavy atom. The summed E-state index contributed by atoms with van der Waals surface area (Å²) in [6, 6.07) is 9.31. The van der Waals surface area contributed by atoms with Gasteiger partial charge in [0.15, 0.2) is 0 Å². The van der Waals surface area contributed by atoms with Gasteiger partial charge >= 0.3 is 0 Å². The predicted octanol–water partition coefficient (Wildman–Crippen LogP) is 1.50. The van der Waals surface area contributed by atoms with Gasteiger partial charge in [0, 0.05) is 13.6 Å². The molecule has 0 spiro atoms. The van der Waals surface area contributed by atoms with Gasteiger partial charge in [0.05, 0.1) is 11.8 Å². The molecule has 0 saturated carbocycles. The van der Waals surface area contributed by atoms with E-state index in [9.17, 15) is 9.90 Å². The summed E-state index contributed by atoms with van der Waals surface area (Å²) in [6.07, 6.45) is -0.713. The second-order valence-corrected chi connectivity index (χ2v) is 4.88. The molecule has 106 valence electrons. The molecule has 5 nitrogen and oxygen atoms in total. The van der Waals surface area contributed by atoms with Crippen LogP contribution in [0.2, 0.25) is 0 Å². The van der Waals surface area contributed by atoms with E-state index in [1.54, 1.807) is 13.1 Å². The smallest absolute Gasteiger partial charge is 0.269 e. The normalized spacial score (nSPS) is 12.2. The quantitative estimate of drug-likeness (QED) is 0.887. The van der Waals surface area contributed by atoms with Crippen LogP contribution < -0.4 is 5.32 Å². The maximum atomic E-state index is 12.0. The lowest BCUT2D eigenvalue weighted by Gasteiger charge is -2.14.